The van der Waals surface area contributed by atoms with Crippen LogP contribution in [0.3, 0.4) is 0 Å². The van der Waals surface area contributed by atoms with E-state index in [0.717, 1.165) is 11.1 Å². The fourth-order valence-electron chi connectivity index (χ4n) is 3.11. The van der Waals surface area contributed by atoms with Crippen molar-refractivity contribution in [3.05, 3.63) is 82.6 Å². The molecule has 0 saturated heterocycles. The monoisotopic (exact) mass is 445 g/mol. The highest BCUT2D eigenvalue weighted by atomic mass is 35.5. The Morgan fingerprint density at radius 2 is 1.35 bits per heavy atom. The van der Waals surface area contributed by atoms with Gasteiger partial charge in [-0.25, -0.2) is 4.39 Å². The van der Waals surface area contributed by atoms with Crippen molar-refractivity contribution in [1.82, 2.24) is 0 Å². The van der Waals surface area contributed by atoms with Crippen LogP contribution in [0.2, 0.25) is 5.02 Å². The van der Waals surface area contributed by atoms with Crippen molar-refractivity contribution in [1.29, 1.82) is 0 Å². The minimum Gasteiger partial charge on any atom is -0.509 e. The molecular formula is C22H22BClFNO5. The number of ether oxygens (including phenoxy) is 2. The molecule has 3 rings (SSSR count). The number of methoxy groups -OCH3 is 2. The third-order valence-corrected chi connectivity index (χ3v) is 4.84. The molecule has 9 heteroatoms. The molecule has 0 aliphatic carbocycles. The van der Waals surface area contributed by atoms with Gasteiger partial charge in [-0.1, -0.05) is 35.9 Å². The average Bonchev–Trinajstić information content (AvgIpc) is 2.76. The fourth-order valence-corrected chi connectivity index (χ4v) is 3.31. The van der Waals surface area contributed by atoms with Gasteiger partial charge in [0.1, 0.15) is 17.2 Å². The lowest BCUT2D eigenvalue weighted by Gasteiger charge is -2.27. The van der Waals surface area contributed by atoms with Crippen LogP contribution in [0.25, 0.3) is 0 Å². The summed E-state index contributed by atoms with van der Waals surface area (Å²) in [4.78, 5) is 1.78. The highest BCUT2D eigenvalue weighted by molar-refractivity contribution is 6.34. The first-order valence-corrected chi connectivity index (χ1v) is 9.80. The van der Waals surface area contributed by atoms with Crippen LogP contribution < -0.4 is 19.0 Å². The molecule has 0 heterocycles. The minimum absolute atomic E-state index is 0.162. The number of rotatable bonds is 9. The predicted octanol–water partition coefficient (Wildman–Crippen LogP) is 4.05. The molecule has 0 unspecified atom stereocenters. The number of nitrogens with zero attached hydrogens (tertiary/aromatic N) is 1. The Labute approximate surface area is 185 Å². The first-order chi connectivity index (χ1) is 14.9. The van der Waals surface area contributed by atoms with Crippen molar-refractivity contribution in [3.8, 4) is 17.2 Å². The zero-order valence-corrected chi connectivity index (χ0v) is 17.8. The van der Waals surface area contributed by atoms with Crippen LogP contribution in [0.15, 0.2) is 60.7 Å². The Hall–Kier alpha value is -2.94. The van der Waals surface area contributed by atoms with Gasteiger partial charge in [0.25, 0.3) is 0 Å². The zero-order valence-electron chi connectivity index (χ0n) is 17.1. The van der Waals surface area contributed by atoms with Crippen LogP contribution in [-0.2, 0) is 13.1 Å². The van der Waals surface area contributed by atoms with Gasteiger partial charge in [0.2, 0.25) is 0 Å². The number of anilines is 1. The topological polar surface area (TPSA) is 71.4 Å². The highest BCUT2D eigenvalue weighted by Crippen LogP contribution is 2.34. The molecule has 0 bridgehead atoms. The molecule has 162 valence electrons. The summed E-state index contributed by atoms with van der Waals surface area (Å²) in [5, 5.41) is 18.4. The fraction of sp³-hybridized carbons (Fsp3) is 0.182. The molecule has 0 fully saturated rings. The summed E-state index contributed by atoms with van der Waals surface area (Å²) < 4.78 is 30.4. The van der Waals surface area contributed by atoms with Crippen LogP contribution in [0.1, 0.15) is 11.1 Å². The molecular weight excluding hydrogens is 424 g/mol. The van der Waals surface area contributed by atoms with Crippen molar-refractivity contribution < 1.29 is 28.6 Å². The van der Waals surface area contributed by atoms with E-state index in [9.17, 15) is 0 Å². The van der Waals surface area contributed by atoms with Crippen molar-refractivity contribution in [3.63, 3.8) is 0 Å². The van der Waals surface area contributed by atoms with E-state index >= 15 is 4.39 Å². The smallest absolute Gasteiger partial charge is 0.509 e. The lowest BCUT2D eigenvalue weighted by Crippen LogP contribution is -2.25. The van der Waals surface area contributed by atoms with Gasteiger partial charge >= 0.3 is 7.32 Å². The lowest BCUT2D eigenvalue weighted by atomic mass is 10.1. The van der Waals surface area contributed by atoms with E-state index in [-0.39, 0.29) is 16.5 Å². The number of hydrogen-bond acceptors (Lipinski definition) is 6. The third-order valence-electron chi connectivity index (χ3n) is 4.62. The van der Waals surface area contributed by atoms with E-state index in [1.54, 1.807) is 19.1 Å². The van der Waals surface area contributed by atoms with Crippen molar-refractivity contribution in [2.75, 3.05) is 19.1 Å². The number of benzene rings is 3. The third kappa shape index (κ3) is 6.04. The standard InChI is InChI=1S/C22H22BClFNO5/c1-29-18-7-3-15(4-8-18)13-26(14-16-5-9-19(30-2)10-6-16)20-11-17(24)12-21(22(20)25)31-23(27)28/h3-12,27-28H,13-14H2,1-2H3. The summed E-state index contributed by atoms with van der Waals surface area (Å²) in [6.45, 7) is 0.711. The van der Waals surface area contributed by atoms with E-state index in [4.69, 9.17) is 35.8 Å². The Kier molecular flexibility index (Phi) is 7.62. The van der Waals surface area contributed by atoms with Gasteiger partial charge in [-0.3, -0.25) is 0 Å². The first kappa shape index (κ1) is 22.7. The number of halogens is 2. The summed E-state index contributed by atoms with van der Waals surface area (Å²) in [5.74, 6) is 0.325. The molecule has 2 N–H and O–H groups in total. The summed E-state index contributed by atoms with van der Waals surface area (Å²) >= 11 is 6.16. The van der Waals surface area contributed by atoms with Gasteiger partial charge in [-0.2, -0.15) is 0 Å². The van der Waals surface area contributed by atoms with Gasteiger partial charge in [-0.15, -0.1) is 0 Å². The SMILES string of the molecule is COc1ccc(CN(Cc2ccc(OC)cc2)c2cc(Cl)cc(OB(O)O)c2F)cc1. The number of hydrogen-bond donors (Lipinski definition) is 2. The second-order valence-electron chi connectivity index (χ2n) is 6.73. The molecule has 0 aliphatic heterocycles. The maximum absolute atomic E-state index is 15.2. The van der Waals surface area contributed by atoms with Crippen molar-refractivity contribution >= 4 is 24.6 Å². The van der Waals surface area contributed by atoms with Crippen molar-refractivity contribution in [2.24, 2.45) is 0 Å². The molecule has 0 aromatic heterocycles. The van der Waals surface area contributed by atoms with E-state index in [2.05, 4.69) is 0 Å². The Morgan fingerprint density at radius 3 is 1.77 bits per heavy atom. The second-order valence-corrected chi connectivity index (χ2v) is 7.17. The summed E-state index contributed by atoms with van der Waals surface area (Å²) in [6.07, 6.45) is 0. The Balaban J connectivity index is 1.98. The lowest BCUT2D eigenvalue weighted by molar-refractivity contribution is 0.282. The summed E-state index contributed by atoms with van der Waals surface area (Å²) in [7, 11) is 1.00. The normalized spacial score (nSPS) is 10.5. The predicted molar refractivity (Wildman–Crippen MR) is 118 cm³/mol. The van der Waals surface area contributed by atoms with Gasteiger partial charge in [0.15, 0.2) is 5.82 Å². The zero-order chi connectivity index (χ0) is 22.4. The van der Waals surface area contributed by atoms with Crippen molar-refractivity contribution in [2.45, 2.75) is 13.1 Å². The Morgan fingerprint density at radius 1 is 0.871 bits per heavy atom. The summed E-state index contributed by atoms with van der Waals surface area (Å²) in [5.41, 5.74) is 1.99. The molecule has 0 spiro atoms. The molecule has 0 amide bonds. The van der Waals surface area contributed by atoms with Crippen LogP contribution >= 0.6 is 11.6 Å². The minimum atomic E-state index is -2.17. The van der Waals surface area contributed by atoms with E-state index in [1.807, 2.05) is 48.5 Å². The molecule has 0 radical (unpaired) electrons. The summed E-state index contributed by atoms with van der Waals surface area (Å²) in [6, 6.07) is 17.5. The van der Waals surface area contributed by atoms with Crippen LogP contribution in [0.5, 0.6) is 17.2 Å². The Bertz CT molecular complexity index is 953. The van der Waals surface area contributed by atoms with E-state index in [0.29, 0.717) is 24.6 Å². The van der Waals surface area contributed by atoms with Crippen LogP contribution in [0.4, 0.5) is 10.1 Å². The van der Waals surface area contributed by atoms with Gasteiger partial charge in [0.05, 0.1) is 19.9 Å². The maximum Gasteiger partial charge on any atom is 0.707 e. The average molecular weight is 446 g/mol. The highest BCUT2D eigenvalue weighted by Gasteiger charge is 2.22. The molecule has 3 aromatic carbocycles. The van der Waals surface area contributed by atoms with Crippen LogP contribution in [-0.4, -0.2) is 31.6 Å². The largest absolute Gasteiger partial charge is 0.707 e. The molecule has 3 aromatic rings. The molecule has 0 atom stereocenters. The van der Waals surface area contributed by atoms with E-state index in [1.165, 1.54) is 12.1 Å². The van der Waals surface area contributed by atoms with Gasteiger partial charge in [0, 0.05) is 24.2 Å². The first-order valence-electron chi connectivity index (χ1n) is 9.42. The van der Waals surface area contributed by atoms with Gasteiger partial charge < -0.3 is 29.1 Å². The van der Waals surface area contributed by atoms with E-state index < -0.39 is 13.1 Å². The molecule has 0 saturated carbocycles. The quantitative estimate of drug-likeness (QED) is 0.484. The van der Waals surface area contributed by atoms with Crippen LogP contribution in [0, 0.1) is 5.82 Å². The maximum atomic E-state index is 15.2. The molecule has 31 heavy (non-hydrogen) atoms. The molecule has 6 nitrogen and oxygen atoms in total. The second kappa shape index (κ2) is 10.4. The van der Waals surface area contributed by atoms with Gasteiger partial charge in [-0.05, 0) is 41.5 Å². The molecule has 0 aliphatic rings.